The van der Waals surface area contributed by atoms with Gasteiger partial charge in [-0.2, -0.15) is 0 Å². The number of halogens is 1. The number of amides is 1. The van der Waals surface area contributed by atoms with E-state index in [1.165, 1.54) is 0 Å². The number of hydrogen-bond acceptors (Lipinski definition) is 4. The molecule has 1 fully saturated rings. The van der Waals surface area contributed by atoms with Gasteiger partial charge < -0.3 is 9.32 Å². The van der Waals surface area contributed by atoms with E-state index in [9.17, 15) is 4.79 Å². The van der Waals surface area contributed by atoms with E-state index in [1.54, 1.807) is 30.7 Å². The SMILES string of the molecule is O=C(c1cccnc1)N1CCCC1c1ncc(Cc2ccc(Cl)cc2)o1. The minimum absolute atomic E-state index is 0.0296. The van der Waals surface area contributed by atoms with Crippen molar-refractivity contribution in [1.29, 1.82) is 0 Å². The molecule has 132 valence electrons. The zero-order chi connectivity index (χ0) is 17.9. The van der Waals surface area contributed by atoms with E-state index in [1.807, 2.05) is 29.2 Å². The third kappa shape index (κ3) is 3.48. The second kappa shape index (κ2) is 7.30. The van der Waals surface area contributed by atoms with Crippen LogP contribution in [-0.4, -0.2) is 27.3 Å². The van der Waals surface area contributed by atoms with Gasteiger partial charge in [0.1, 0.15) is 11.8 Å². The Hall–Kier alpha value is -2.66. The molecule has 6 heteroatoms. The van der Waals surface area contributed by atoms with Crippen LogP contribution in [0.3, 0.4) is 0 Å². The summed E-state index contributed by atoms with van der Waals surface area (Å²) in [4.78, 5) is 23.1. The van der Waals surface area contributed by atoms with Crippen LogP contribution in [0, 0.1) is 0 Å². The molecule has 0 bridgehead atoms. The van der Waals surface area contributed by atoms with Crippen molar-refractivity contribution in [3.8, 4) is 0 Å². The summed E-state index contributed by atoms with van der Waals surface area (Å²) in [5.41, 5.74) is 1.69. The molecule has 1 aromatic carbocycles. The number of benzene rings is 1. The van der Waals surface area contributed by atoms with E-state index in [0.29, 0.717) is 29.4 Å². The van der Waals surface area contributed by atoms with Crippen molar-refractivity contribution in [3.63, 3.8) is 0 Å². The topological polar surface area (TPSA) is 59.2 Å². The zero-order valence-corrected chi connectivity index (χ0v) is 14.9. The number of rotatable bonds is 4. The summed E-state index contributed by atoms with van der Waals surface area (Å²) in [6.45, 7) is 0.702. The molecule has 0 N–H and O–H groups in total. The average Bonchev–Trinajstić information content (AvgIpc) is 3.33. The summed E-state index contributed by atoms with van der Waals surface area (Å²) in [5.74, 6) is 1.35. The largest absolute Gasteiger partial charge is 0.443 e. The molecule has 1 atom stereocenters. The molecule has 3 heterocycles. The fraction of sp³-hybridized carbons (Fsp3) is 0.250. The van der Waals surface area contributed by atoms with E-state index in [-0.39, 0.29) is 11.9 Å². The Morgan fingerprint density at radius 2 is 2.08 bits per heavy atom. The van der Waals surface area contributed by atoms with Crippen LogP contribution in [0.2, 0.25) is 5.02 Å². The summed E-state index contributed by atoms with van der Waals surface area (Å²) in [7, 11) is 0. The van der Waals surface area contributed by atoms with Crippen molar-refractivity contribution in [2.45, 2.75) is 25.3 Å². The highest BCUT2D eigenvalue weighted by Gasteiger charge is 2.33. The van der Waals surface area contributed by atoms with Gasteiger partial charge in [-0.3, -0.25) is 9.78 Å². The minimum atomic E-state index is -0.123. The Balaban J connectivity index is 1.51. The lowest BCUT2D eigenvalue weighted by atomic mass is 10.1. The predicted octanol–water partition coefficient (Wildman–Crippen LogP) is 4.29. The van der Waals surface area contributed by atoms with E-state index < -0.39 is 0 Å². The molecular weight excluding hydrogens is 350 g/mol. The van der Waals surface area contributed by atoms with Crippen LogP contribution in [0.25, 0.3) is 0 Å². The van der Waals surface area contributed by atoms with Crippen LogP contribution in [0.5, 0.6) is 0 Å². The van der Waals surface area contributed by atoms with Gasteiger partial charge >= 0.3 is 0 Å². The molecule has 0 spiro atoms. The number of carbonyl (C=O) groups excluding carboxylic acids is 1. The van der Waals surface area contributed by atoms with Gasteiger partial charge in [0.2, 0.25) is 5.89 Å². The molecule has 5 nitrogen and oxygen atoms in total. The first kappa shape index (κ1) is 16.8. The summed E-state index contributed by atoms with van der Waals surface area (Å²) in [5, 5.41) is 0.711. The predicted molar refractivity (Wildman–Crippen MR) is 98.0 cm³/mol. The van der Waals surface area contributed by atoms with Gasteiger partial charge in [-0.1, -0.05) is 23.7 Å². The van der Waals surface area contributed by atoms with Gasteiger partial charge in [-0.05, 0) is 42.7 Å². The van der Waals surface area contributed by atoms with E-state index in [0.717, 1.165) is 24.2 Å². The van der Waals surface area contributed by atoms with Crippen molar-refractivity contribution >= 4 is 17.5 Å². The summed E-state index contributed by atoms with van der Waals surface area (Å²) < 4.78 is 5.96. The lowest BCUT2D eigenvalue weighted by Gasteiger charge is -2.22. The molecule has 3 aromatic rings. The van der Waals surface area contributed by atoms with E-state index >= 15 is 0 Å². The molecule has 1 saturated heterocycles. The van der Waals surface area contributed by atoms with E-state index in [2.05, 4.69) is 9.97 Å². The third-order valence-electron chi connectivity index (χ3n) is 4.57. The van der Waals surface area contributed by atoms with Gasteiger partial charge in [0, 0.05) is 30.4 Å². The zero-order valence-electron chi connectivity index (χ0n) is 14.1. The fourth-order valence-corrected chi connectivity index (χ4v) is 3.41. The van der Waals surface area contributed by atoms with Crippen LogP contribution in [0.1, 0.15) is 46.5 Å². The number of aromatic nitrogens is 2. The lowest BCUT2D eigenvalue weighted by molar-refractivity contribution is 0.0714. The van der Waals surface area contributed by atoms with Crippen molar-refractivity contribution in [3.05, 3.63) is 82.8 Å². The van der Waals surface area contributed by atoms with Crippen molar-refractivity contribution in [1.82, 2.24) is 14.9 Å². The van der Waals surface area contributed by atoms with Gasteiger partial charge in [0.05, 0.1) is 11.8 Å². The lowest BCUT2D eigenvalue weighted by Crippen LogP contribution is -2.30. The summed E-state index contributed by atoms with van der Waals surface area (Å²) in [6, 6.07) is 11.1. The van der Waals surface area contributed by atoms with Crippen molar-refractivity contribution in [2.24, 2.45) is 0 Å². The standard InChI is InChI=1S/C20H18ClN3O2/c21-16-7-5-14(6-8-16)11-17-13-23-19(26-17)18-4-2-10-24(18)20(25)15-3-1-9-22-12-15/h1,3,5-9,12-13,18H,2,4,10-11H2. The number of pyridine rings is 1. The molecular formula is C20H18ClN3O2. The maximum Gasteiger partial charge on any atom is 0.256 e. The highest BCUT2D eigenvalue weighted by atomic mass is 35.5. The van der Waals surface area contributed by atoms with Crippen LogP contribution in [0.15, 0.2) is 59.4 Å². The van der Waals surface area contributed by atoms with Gasteiger partial charge in [0.25, 0.3) is 5.91 Å². The molecule has 26 heavy (non-hydrogen) atoms. The first-order valence-electron chi connectivity index (χ1n) is 8.61. The molecule has 0 radical (unpaired) electrons. The highest BCUT2D eigenvalue weighted by Crippen LogP contribution is 2.33. The van der Waals surface area contributed by atoms with Crippen molar-refractivity contribution < 1.29 is 9.21 Å². The van der Waals surface area contributed by atoms with Crippen molar-refractivity contribution in [2.75, 3.05) is 6.54 Å². The first-order valence-corrected chi connectivity index (χ1v) is 8.98. The maximum absolute atomic E-state index is 12.8. The molecule has 4 rings (SSSR count). The Morgan fingerprint density at radius 1 is 1.23 bits per heavy atom. The monoisotopic (exact) mass is 367 g/mol. The number of hydrogen-bond donors (Lipinski definition) is 0. The molecule has 1 aliphatic rings. The quantitative estimate of drug-likeness (QED) is 0.690. The summed E-state index contributed by atoms with van der Waals surface area (Å²) in [6.07, 6.45) is 7.44. The number of nitrogens with zero attached hydrogens (tertiary/aromatic N) is 3. The molecule has 1 amide bonds. The van der Waals surface area contributed by atoms with Gasteiger partial charge in [0.15, 0.2) is 0 Å². The molecule has 1 aliphatic heterocycles. The van der Waals surface area contributed by atoms with Crippen LogP contribution >= 0.6 is 11.6 Å². The second-order valence-corrected chi connectivity index (χ2v) is 6.80. The Kier molecular flexibility index (Phi) is 4.71. The van der Waals surface area contributed by atoms with E-state index in [4.69, 9.17) is 16.0 Å². The van der Waals surface area contributed by atoms with Gasteiger partial charge in [-0.15, -0.1) is 0 Å². The van der Waals surface area contributed by atoms with Crippen LogP contribution in [0.4, 0.5) is 0 Å². The molecule has 0 saturated carbocycles. The Morgan fingerprint density at radius 3 is 2.85 bits per heavy atom. The third-order valence-corrected chi connectivity index (χ3v) is 4.82. The average molecular weight is 368 g/mol. The van der Waals surface area contributed by atoms with Crippen LogP contribution in [-0.2, 0) is 6.42 Å². The van der Waals surface area contributed by atoms with Crippen LogP contribution < -0.4 is 0 Å². The first-order chi connectivity index (χ1) is 12.7. The Labute approximate surface area is 156 Å². The maximum atomic E-state index is 12.8. The molecule has 0 aliphatic carbocycles. The highest BCUT2D eigenvalue weighted by molar-refractivity contribution is 6.30. The fourth-order valence-electron chi connectivity index (χ4n) is 3.28. The number of oxazole rings is 1. The minimum Gasteiger partial charge on any atom is -0.443 e. The van der Waals surface area contributed by atoms with Gasteiger partial charge in [-0.25, -0.2) is 4.98 Å². The molecule has 2 aromatic heterocycles. The smallest absolute Gasteiger partial charge is 0.256 e. The normalized spacial score (nSPS) is 16.8. The number of likely N-dealkylation sites (tertiary alicyclic amines) is 1. The molecule has 1 unspecified atom stereocenters. The number of carbonyl (C=O) groups is 1. The Bertz CT molecular complexity index is 893. The second-order valence-electron chi connectivity index (χ2n) is 6.37. The summed E-state index contributed by atoms with van der Waals surface area (Å²) >= 11 is 5.92.